The molecule has 1 aliphatic heterocycles. The molecule has 0 saturated carbocycles. The summed E-state index contributed by atoms with van der Waals surface area (Å²) < 4.78 is 12.1. The van der Waals surface area contributed by atoms with E-state index in [1.165, 1.54) is 11.6 Å². The van der Waals surface area contributed by atoms with Gasteiger partial charge in [-0.2, -0.15) is 5.10 Å². The van der Waals surface area contributed by atoms with Gasteiger partial charge in [0.2, 0.25) is 11.8 Å². The number of rotatable bonds is 6. The van der Waals surface area contributed by atoms with E-state index in [1.807, 2.05) is 6.07 Å². The smallest absolute Gasteiger partial charge is 0.249 e. The molecule has 2 aromatic carbocycles. The maximum Gasteiger partial charge on any atom is 0.249 e. The fraction of sp³-hybridized carbons (Fsp3) is 0.217. The van der Waals surface area contributed by atoms with Crippen LogP contribution in [0.2, 0.25) is 0 Å². The second-order valence-electron chi connectivity index (χ2n) is 7.32. The number of hydrogen-bond acceptors (Lipinski definition) is 6. The van der Waals surface area contributed by atoms with Crippen LogP contribution in [-0.2, 0) is 9.59 Å². The zero-order valence-corrected chi connectivity index (χ0v) is 17.8. The van der Waals surface area contributed by atoms with E-state index in [2.05, 4.69) is 15.7 Å². The number of aromatic nitrogens is 2. The number of anilines is 2. The van der Waals surface area contributed by atoms with E-state index in [9.17, 15) is 14.4 Å². The number of ether oxygens (including phenoxy) is 2. The molecule has 0 aliphatic carbocycles. The Bertz CT molecular complexity index is 1220. The van der Waals surface area contributed by atoms with Gasteiger partial charge in [0.15, 0.2) is 17.3 Å². The van der Waals surface area contributed by atoms with Crippen LogP contribution in [0, 0.1) is 0 Å². The van der Waals surface area contributed by atoms with Crippen LogP contribution in [0.5, 0.6) is 11.5 Å². The summed E-state index contributed by atoms with van der Waals surface area (Å²) >= 11 is 0. The van der Waals surface area contributed by atoms with Crippen molar-refractivity contribution in [2.45, 2.75) is 19.4 Å². The van der Waals surface area contributed by atoms with Gasteiger partial charge in [-0.1, -0.05) is 18.2 Å². The number of methoxy groups -OCH3 is 2. The Kier molecular flexibility index (Phi) is 5.63. The van der Waals surface area contributed by atoms with Crippen molar-refractivity contribution in [2.24, 2.45) is 0 Å². The average molecular weight is 434 g/mol. The molecule has 1 atom stereocenters. The highest BCUT2D eigenvalue weighted by molar-refractivity contribution is 6.03. The van der Waals surface area contributed by atoms with Gasteiger partial charge in [0, 0.05) is 16.8 Å². The Morgan fingerprint density at radius 2 is 1.91 bits per heavy atom. The molecule has 3 aromatic rings. The number of amides is 2. The van der Waals surface area contributed by atoms with Gasteiger partial charge >= 0.3 is 0 Å². The summed E-state index contributed by atoms with van der Waals surface area (Å²) in [6.07, 6.45) is 1.54. The van der Waals surface area contributed by atoms with Crippen molar-refractivity contribution in [3.63, 3.8) is 0 Å². The van der Waals surface area contributed by atoms with E-state index in [0.717, 1.165) is 5.56 Å². The van der Waals surface area contributed by atoms with Crippen molar-refractivity contribution in [3.05, 3.63) is 54.2 Å². The molecule has 2 heterocycles. The van der Waals surface area contributed by atoms with Gasteiger partial charge in [0.25, 0.3) is 0 Å². The van der Waals surface area contributed by atoms with Crippen LogP contribution in [0.3, 0.4) is 0 Å². The minimum Gasteiger partial charge on any atom is -0.493 e. The largest absolute Gasteiger partial charge is 0.493 e. The van der Waals surface area contributed by atoms with Crippen LogP contribution in [0.1, 0.15) is 29.7 Å². The van der Waals surface area contributed by atoms with Crippen LogP contribution >= 0.6 is 0 Å². The van der Waals surface area contributed by atoms with Crippen LogP contribution in [0.15, 0.2) is 48.7 Å². The first-order valence-electron chi connectivity index (χ1n) is 9.93. The van der Waals surface area contributed by atoms with E-state index < -0.39 is 11.9 Å². The standard InChI is InChI=1S/C23H22N4O5/c1-13(28)14-5-4-6-16(9-14)25-23(30)18-11-21(29)26-22-17(12-24-27(18)22)15-7-8-19(31-2)20(10-15)32-3/h4-10,12,18H,11H2,1-3H3,(H,25,30)(H,26,29). The Labute approximate surface area is 184 Å². The molecule has 0 spiro atoms. The SMILES string of the molecule is COc1ccc(-c2cnn3c2NC(=O)CC3C(=O)Nc2cccc(C(C)=O)c2)cc1OC. The highest BCUT2D eigenvalue weighted by Crippen LogP contribution is 2.38. The first kappa shape index (κ1) is 21.1. The third-order valence-electron chi connectivity index (χ3n) is 5.26. The second kappa shape index (κ2) is 8.54. The molecule has 2 amide bonds. The first-order valence-corrected chi connectivity index (χ1v) is 9.93. The van der Waals surface area contributed by atoms with Gasteiger partial charge in [-0.15, -0.1) is 0 Å². The van der Waals surface area contributed by atoms with Crippen LogP contribution in [0.4, 0.5) is 11.5 Å². The summed E-state index contributed by atoms with van der Waals surface area (Å²) in [7, 11) is 3.09. The molecule has 1 aliphatic rings. The molecule has 1 unspecified atom stereocenters. The van der Waals surface area contributed by atoms with Crippen LogP contribution in [0.25, 0.3) is 11.1 Å². The Hall–Kier alpha value is -4.14. The summed E-state index contributed by atoms with van der Waals surface area (Å²) in [6.45, 7) is 1.46. The van der Waals surface area contributed by atoms with Gasteiger partial charge in [-0.05, 0) is 36.8 Å². The lowest BCUT2D eigenvalue weighted by molar-refractivity contribution is -0.125. The molecule has 9 heteroatoms. The first-order chi connectivity index (χ1) is 15.4. The van der Waals surface area contributed by atoms with Crippen molar-refractivity contribution < 1.29 is 23.9 Å². The van der Waals surface area contributed by atoms with Gasteiger partial charge in [-0.25, -0.2) is 4.68 Å². The third kappa shape index (κ3) is 3.92. The van der Waals surface area contributed by atoms with Gasteiger partial charge in [-0.3, -0.25) is 14.4 Å². The van der Waals surface area contributed by atoms with Gasteiger partial charge in [0.1, 0.15) is 11.9 Å². The van der Waals surface area contributed by atoms with E-state index in [0.29, 0.717) is 34.1 Å². The maximum absolute atomic E-state index is 13.0. The highest BCUT2D eigenvalue weighted by atomic mass is 16.5. The van der Waals surface area contributed by atoms with E-state index in [4.69, 9.17) is 9.47 Å². The molecule has 164 valence electrons. The fourth-order valence-corrected chi connectivity index (χ4v) is 3.63. The number of nitrogens with one attached hydrogen (secondary N) is 2. The molecule has 0 bridgehead atoms. The lowest BCUT2D eigenvalue weighted by Gasteiger charge is -2.24. The van der Waals surface area contributed by atoms with Crippen molar-refractivity contribution >= 4 is 29.1 Å². The number of benzene rings is 2. The summed E-state index contributed by atoms with van der Waals surface area (Å²) in [5.41, 5.74) is 2.36. The van der Waals surface area contributed by atoms with E-state index >= 15 is 0 Å². The zero-order valence-electron chi connectivity index (χ0n) is 17.8. The molecule has 4 rings (SSSR count). The molecule has 0 fully saturated rings. The number of fused-ring (bicyclic) bond motifs is 1. The third-order valence-corrected chi connectivity index (χ3v) is 5.26. The molecule has 0 radical (unpaired) electrons. The lowest BCUT2D eigenvalue weighted by Crippen LogP contribution is -2.35. The fourth-order valence-electron chi connectivity index (χ4n) is 3.63. The summed E-state index contributed by atoms with van der Waals surface area (Å²) in [6, 6.07) is 11.2. The minimum absolute atomic E-state index is 0.0573. The summed E-state index contributed by atoms with van der Waals surface area (Å²) in [5.74, 6) is 0.734. The maximum atomic E-state index is 13.0. The summed E-state index contributed by atoms with van der Waals surface area (Å²) in [4.78, 5) is 37.1. The monoisotopic (exact) mass is 434 g/mol. The quantitative estimate of drug-likeness (QED) is 0.576. The molecule has 32 heavy (non-hydrogen) atoms. The number of ketones is 1. The molecule has 2 N–H and O–H groups in total. The Balaban J connectivity index is 1.66. The predicted molar refractivity (Wildman–Crippen MR) is 118 cm³/mol. The van der Waals surface area contributed by atoms with Crippen molar-refractivity contribution in [3.8, 4) is 22.6 Å². The highest BCUT2D eigenvalue weighted by Gasteiger charge is 2.33. The molecule has 1 aromatic heterocycles. The van der Waals surface area contributed by atoms with Crippen molar-refractivity contribution in [2.75, 3.05) is 24.9 Å². The number of nitrogens with zero attached hydrogens (tertiary/aromatic N) is 2. The normalized spacial score (nSPS) is 14.8. The van der Waals surface area contributed by atoms with Crippen molar-refractivity contribution in [1.82, 2.24) is 9.78 Å². The van der Waals surface area contributed by atoms with Gasteiger partial charge < -0.3 is 20.1 Å². The molecular formula is C23H22N4O5. The summed E-state index contributed by atoms with van der Waals surface area (Å²) in [5, 5.41) is 9.96. The van der Waals surface area contributed by atoms with Crippen molar-refractivity contribution in [1.29, 1.82) is 0 Å². The zero-order chi connectivity index (χ0) is 22.8. The molecular weight excluding hydrogens is 412 g/mol. The van der Waals surface area contributed by atoms with Crippen LogP contribution < -0.4 is 20.1 Å². The molecule has 0 saturated heterocycles. The van der Waals surface area contributed by atoms with Gasteiger partial charge in [0.05, 0.1) is 26.8 Å². The number of Topliss-reactive ketones (excluding diaryl/α,β-unsaturated/α-hetero) is 1. The number of carbonyl (C=O) groups excluding carboxylic acids is 3. The minimum atomic E-state index is -0.839. The van der Waals surface area contributed by atoms with E-state index in [1.54, 1.807) is 56.8 Å². The number of hydrogen-bond donors (Lipinski definition) is 2. The number of carbonyl (C=O) groups is 3. The average Bonchev–Trinajstić information content (AvgIpc) is 3.21. The second-order valence-corrected chi connectivity index (χ2v) is 7.32. The molecule has 9 nitrogen and oxygen atoms in total. The topological polar surface area (TPSA) is 112 Å². The lowest BCUT2D eigenvalue weighted by atomic mass is 10.1. The predicted octanol–water partition coefficient (Wildman–Crippen LogP) is 3.29. The Morgan fingerprint density at radius 3 is 2.62 bits per heavy atom. The van der Waals surface area contributed by atoms with Crippen LogP contribution in [-0.4, -0.2) is 41.6 Å². The van der Waals surface area contributed by atoms with E-state index in [-0.39, 0.29) is 18.1 Å². The Morgan fingerprint density at radius 1 is 1.12 bits per heavy atom.